The Labute approximate surface area is 102 Å². The fourth-order valence-corrected chi connectivity index (χ4v) is 1.45. The maximum atomic E-state index is 12.8. The Kier molecular flexibility index (Phi) is 3.22. The number of nitrogens with one attached hydrogen (secondary N) is 1. The molecule has 18 heavy (non-hydrogen) atoms. The number of benzene rings is 1. The van der Waals surface area contributed by atoms with Gasteiger partial charge in [-0.1, -0.05) is 12.1 Å². The molecule has 0 aliphatic rings. The number of nitrogens with two attached hydrogens (primary N) is 1. The van der Waals surface area contributed by atoms with Crippen LogP contribution < -0.4 is 11.1 Å². The van der Waals surface area contributed by atoms with Crippen LogP contribution in [0, 0.1) is 5.82 Å². The summed E-state index contributed by atoms with van der Waals surface area (Å²) in [5.74, 6) is -0.897. The number of anilines is 1. The molecule has 2 aromatic rings. The number of halogens is 1. The second-order valence-electron chi connectivity index (χ2n) is 3.74. The number of carbonyl (C=O) groups excluding carboxylic acids is 1. The van der Waals surface area contributed by atoms with Gasteiger partial charge in [0.15, 0.2) is 0 Å². The van der Waals surface area contributed by atoms with E-state index >= 15 is 0 Å². The predicted molar refractivity (Wildman–Crippen MR) is 61.0 cm³/mol. The van der Waals surface area contributed by atoms with Crippen molar-refractivity contribution in [3.05, 3.63) is 41.3 Å². The number of amides is 1. The van der Waals surface area contributed by atoms with Crippen molar-refractivity contribution in [1.82, 2.24) is 15.6 Å². The molecule has 0 saturated carbocycles. The minimum absolute atomic E-state index is 0.0658. The highest BCUT2D eigenvalue weighted by atomic mass is 19.1. The molecule has 0 bridgehead atoms. The van der Waals surface area contributed by atoms with Crippen LogP contribution in [-0.2, 0) is 0 Å². The first kappa shape index (κ1) is 12.0. The predicted octanol–water partition coefficient (Wildman–Crippen LogP) is 1.28. The zero-order chi connectivity index (χ0) is 13.1. The molecule has 3 N–H and O–H groups in total. The molecular formula is C11H11FN4O2. The largest absolute Gasteiger partial charge is 0.379 e. The molecule has 0 saturated heterocycles. The summed E-state index contributed by atoms with van der Waals surface area (Å²) in [6, 6.07) is 5.51. The zero-order valence-electron chi connectivity index (χ0n) is 9.55. The highest BCUT2D eigenvalue weighted by Crippen LogP contribution is 2.14. The van der Waals surface area contributed by atoms with E-state index in [1.165, 1.54) is 12.1 Å². The van der Waals surface area contributed by atoms with Crippen LogP contribution in [0.15, 0.2) is 28.9 Å². The van der Waals surface area contributed by atoms with Gasteiger partial charge in [-0.25, -0.2) is 9.02 Å². The molecule has 6 nitrogen and oxygen atoms in total. The average molecular weight is 250 g/mol. The monoisotopic (exact) mass is 250 g/mol. The molecule has 0 unspecified atom stereocenters. The lowest BCUT2D eigenvalue weighted by Gasteiger charge is -2.13. The average Bonchev–Trinajstić information content (AvgIpc) is 2.76. The highest BCUT2D eigenvalue weighted by Gasteiger charge is 2.18. The van der Waals surface area contributed by atoms with Crippen LogP contribution in [0.2, 0.25) is 0 Å². The van der Waals surface area contributed by atoms with Crippen LogP contribution in [0.3, 0.4) is 0 Å². The number of hydrogen-bond donors (Lipinski definition) is 2. The number of carbonyl (C=O) groups is 1. The zero-order valence-corrected chi connectivity index (χ0v) is 9.55. The second kappa shape index (κ2) is 4.82. The van der Waals surface area contributed by atoms with Gasteiger partial charge < -0.3 is 11.1 Å². The number of nitrogens with zero attached hydrogens (tertiary/aromatic N) is 2. The number of nitrogen functional groups attached to an aromatic ring is 1. The van der Waals surface area contributed by atoms with Crippen molar-refractivity contribution < 1.29 is 13.8 Å². The molecule has 1 atom stereocenters. The van der Waals surface area contributed by atoms with Crippen molar-refractivity contribution in [3.8, 4) is 0 Å². The first-order valence-electron chi connectivity index (χ1n) is 5.22. The normalized spacial score (nSPS) is 12.1. The number of aromatic nitrogens is 2. The van der Waals surface area contributed by atoms with Crippen LogP contribution in [0.25, 0.3) is 0 Å². The summed E-state index contributed by atoms with van der Waals surface area (Å²) in [7, 11) is 0. The van der Waals surface area contributed by atoms with Gasteiger partial charge in [0.2, 0.25) is 11.5 Å². The van der Waals surface area contributed by atoms with E-state index in [1.54, 1.807) is 19.1 Å². The topological polar surface area (TPSA) is 94.0 Å². The van der Waals surface area contributed by atoms with E-state index in [0.29, 0.717) is 0 Å². The lowest BCUT2D eigenvalue weighted by Crippen LogP contribution is -2.27. The lowest BCUT2D eigenvalue weighted by atomic mass is 10.1. The summed E-state index contributed by atoms with van der Waals surface area (Å²) in [6.07, 6.45) is 0. The molecule has 0 aliphatic heterocycles. The maximum Gasteiger partial charge on any atom is 0.277 e. The molecule has 0 spiro atoms. The Bertz CT molecular complexity index is 552. The van der Waals surface area contributed by atoms with Crippen molar-refractivity contribution in [2.45, 2.75) is 13.0 Å². The first-order valence-corrected chi connectivity index (χ1v) is 5.22. The fourth-order valence-electron chi connectivity index (χ4n) is 1.45. The molecule has 1 aromatic carbocycles. The summed E-state index contributed by atoms with van der Waals surface area (Å²) >= 11 is 0. The summed E-state index contributed by atoms with van der Waals surface area (Å²) in [6.45, 7) is 1.76. The third-order valence-corrected chi connectivity index (χ3v) is 2.45. The van der Waals surface area contributed by atoms with Crippen molar-refractivity contribution in [3.63, 3.8) is 0 Å². The van der Waals surface area contributed by atoms with Crippen LogP contribution in [0.5, 0.6) is 0 Å². The molecular weight excluding hydrogens is 239 g/mol. The van der Waals surface area contributed by atoms with Gasteiger partial charge in [0.25, 0.3) is 5.91 Å². The summed E-state index contributed by atoms with van der Waals surface area (Å²) in [4.78, 5) is 11.7. The van der Waals surface area contributed by atoms with Gasteiger partial charge >= 0.3 is 0 Å². The summed E-state index contributed by atoms with van der Waals surface area (Å²) < 4.78 is 17.1. The fraction of sp³-hybridized carbons (Fsp3) is 0.182. The minimum Gasteiger partial charge on any atom is -0.379 e. The summed E-state index contributed by atoms with van der Waals surface area (Å²) in [5, 5.41) is 9.36. The Hall–Kier alpha value is -2.44. The van der Waals surface area contributed by atoms with Gasteiger partial charge in [0.1, 0.15) is 5.82 Å². The van der Waals surface area contributed by atoms with Crippen LogP contribution in [-0.4, -0.2) is 16.2 Å². The van der Waals surface area contributed by atoms with Crippen molar-refractivity contribution in [2.24, 2.45) is 0 Å². The minimum atomic E-state index is -0.495. The quantitative estimate of drug-likeness (QED) is 0.855. The van der Waals surface area contributed by atoms with Gasteiger partial charge in [0.05, 0.1) is 6.04 Å². The highest BCUT2D eigenvalue weighted by molar-refractivity contribution is 5.96. The van der Waals surface area contributed by atoms with E-state index in [1.807, 2.05) is 0 Å². The van der Waals surface area contributed by atoms with E-state index in [2.05, 4.69) is 20.3 Å². The molecule has 94 valence electrons. The molecule has 7 heteroatoms. The van der Waals surface area contributed by atoms with Crippen molar-refractivity contribution >= 4 is 11.7 Å². The molecule has 2 rings (SSSR count). The van der Waals surface area contributed by atoms with Crippen LogP contribution >= 0.6 is 0 Å². The smallest absolute Gasteiger partial charge is 0.277 e. The van der Waals surface area contributed by atoms with E-state index < -0.39 is 5.91 Å². The Morgan fingerprint density at radius 1 is 1.39 bits per heavy atom. The lowest BCUT2D eigenvalue weighted by molar-refractivity contribution is 0.0930. The maximum absolute atomic E-state index is 12.8. The van der Waals surface area contributed by atoms with Gasteiger partial charge in [-0.15, -0.1) is 0 Å². The molecule has 0 fully saturated rings. The molecule has 1 amide bonds. The van der Waals surface area contributed by atoms with E-state index in [4.69, 9.17) is 5.73 Å². The molecule has 0 radical (unpaired) electrons. The van der Waals surface area contributed by atoms with Crippen molar-refractivity contribution in [1.29, 1.82) is 0 Å². The summed E-state index contributed by atoms with van der Waals surface area (Å²) in [5.41, 5.74) is 6.10. The Balaban J connectivity index is 2.08. The first-order chi connectivity index (χ1) is 8.58. The number of hydrogen-bond acceptors (Lipinski definition) is 5. The SMILES string of the molecule is C[C@@H](NC(=O)c1nonc1N)c1ccc(F)cc1. The second-order valence-corrected chi connectivity index (χ2v) is 3.74. The van der Waals surface area contributed by atoms with Gasteiger partial charge in [-0.3, -0.25) is 4.79 Å². The molecule has 1 aromatic heterocycles. The standard InChI is InChI=1S/C11H11FN4O2/c1-6(7-2-4-8(12)5-3-7)14-11(17)9-10(13)16-18-15-9/h2-6H,1H3,(H2,13,16)(H,14,17)/t6-/m1/s1. The Morgan fingerprint density at radius 3 is 2.61 bits per heavy atom. The number of rotatable bonds is 3. The van der Waals surface area contributed by atoms with E-state index in [0.717, 1.165) is 5.56 Å². The van der Waals surface area contributed by atoms with Crippen LogP contribution in [0.1, 0.15) is 29.0 Å². The van der Waals surface area contributed by atoms with Crippen LogP contribution in [0.4, 0.5) is 10.2 Å². The molecule has 0 aliphatic carbocycles. The van der Waals surface area contributed by atoms with E-state index in [-0.39, 0.29) is 23.4 Å². The van der Waals surface area contributed by atoms with Gasteiger partial charge in [-0.2, -0.15) is 0 Å². The Morgan fingerprint density at radius 2 is 2.06 bits per heavy atom. The molecule has 1 heterocycles. The van der Waals surface area contributed by atoms with Gasteiger partial charge in [-0.05, 0) is 34.9 Å². The van der Waals surface area contributed by atoms with Crippen molar-refractivity contribution in [2.75, 3.05) is 5.73 Å². The third kappa shape index (κ3) is 2.45. The third-order valence-electron chi connectivity index (χ3n) is 2.45. The van der Waals surface area contributed by atoms with E-state index in [9.17, 15) is 9.18 Å². The van der Waals surface area contributed by atoms with Gasteiger partial charge in [0, 0.05) is 0 Å².